The van der Waals surface area contributed by atoms with Crippen LogP contribution in [0, 0.1) is 5.41 Å². The predicted octanol–water partition coefficient (Wildman–Crippen LogP) is 6.26. The second-order valence-corrected chi connectivity index (χ2v) is 9.76. The fourth-order valence-electron chi connectivity index (χ4n) is 5.16. The smallest absolute Gasteiger partial charge is 0.268 e. The van der Waals surface area contributed by atoms with Gasteiger partial charge in [0.1, 0.15) is 0 Å². The fourth-order valence-corrected chi connectivity index (χ4v) is 5.82. The van der Waals surface area contributed by atoms with E-state index in [0.717, 1.165) is 43.0 Å². The van der Waals surface area contributed by atoms with Gasteiger partial charge in [-0.3, -0.25) is 9.69 Å². The molecule has 2 fully saturated rings. The van der Waals surface area contributed by atoms with Crippen LogP contribution < -0.4 is 4.90 Å². The second-order valence-electron chi connectivity index (χ2n) is 8.81. The Morgan fingerprint density at radius 2 is 1.58 bits per heavy atom. The van der Waals surface area contributed by atoms with Gasteiger partial charge in [-0.05, 0) is 73.3 Å². The van der Waals surface area contributed by atoms with Crippen LogP contribution in [0.15, 0.2) is 78.2 Å². The Bertz CT molecular complexity index is 961. The molecule has 5 rings (SSSR count). The molecule has 3 nitrogen and oxygen atoms in total. The number of nitrogens with zero attached hydrogens (tertiary/aromatic N) is 2. The summed E-state index contributed by atoms with van der Waals surface area (Å²) in [6.45, 7) is 3.37. The van der Waals surface area contributed by atoms with Crippen LogP contribution in [0.4, 0.5) is 5.69 Å². The molecule has 0 atom stereocenters. The lowest BCUT2D eigenvalue weighted by Gasteiger charge is -2.55. The lowest BCUT2D eigenvalue weighted by molar-refractivity contribution is 0.0129. The molecule has 1 saturated carbocycles. The average molecular weight is 453 g/mol. The van der Waals surface area contributed by atoms with Crippen LogP contribution in [0.25, 0.3) is 0 Å². The van der Waals surface area contributed by atoms with Crippen LogP contribution in [0.5, 0.6) is 0 Å². The first kappa shape index (κ1) is 22.1. The molecule has 3 aromatic rings. The van der Waals surface area contributed by atoms with Gasteiger partial charge in [-0.15, -0.1) is 23.7 Å². The van der Waals surface area contributed by atoms with Crippen LogP contribution in [0.3, 0.4) is 0 Å². The number of piperidine rings is 1. The lowest BCUT2D eigenvalue weighted by atomic mass is 9.60. The molecule has 1 amide bonds. The molecule has 0 radical (unpaired) electrons. The number of carbonyl (C=O) groups is 1. The van der Waals surface area contributed by atoms with Crippen LogP contribution in [0.2, 0.25) is 0 Å². The fraction of sp³-hybridized carbons (Fsp3) is 0.346. The molecule has 2 aromatic carbocycles. The summed E-state index contributed by atoms with van der Waals surface area (Å²) in [5.74, 6) is 0.151. The Kier molecular flexibility index (Phi) is 6.80. The van der Waals surface area contributed by atoms with Gasteiger partial charge in [0.25, 0.3) is 5.91 Å². The van der Waals surface area contributed by atoms with E-state index < -0.39 is 0 Å². The minimum absolute atomic E-state index is 0. The number of anilines is 1. The van der Waals surface area contributed by atoms with E-state index >= 15 is 0 Å². The number of carbonyl (C=O) groups excluding carboxylic acids is 1. The minimum Gasteiger partial charge on any atom is -0.305 e. The zero-order chi connectivity index (χ0) is 20.4. The van der Waals surface area contributed by atoms with Gasteiger partial charge in [0, 0.05) is 18.3 Å². The lowest BCUT2D eigenvalue weighted by Crippen LogP contribution is -2.56. The number of hydrogen-bond donors (Lipinski definition) is 0. The van der Waals surface area contributed by atoms with E-state index in [4.69, 9.17) is 0 Å². The molecule has 0 bridgehead atoms. The number of halogens is 1. The standard InChI is InChI=1S/C26H28N2OS.ClH/c29-25(24-12-7-17-30-24)28(22-10-5-2-6-11-22)23-18-26(19-23)13-15-27(16-14-26)20-21-8-3-1-4-9-21;/h1-12,17,23H,13-16,18-20H2;1H. The van der Waals surface area contributed by atoms with E-state index in [0.29, 0.717) is 11.5 Å². The molecule has 0 N–H and O–H groups in total. The maximum Gasteiger partial charge on any atom is 0.268 e. The van der Waals surface area contributed by atoms with Crippen molar-refractivity contribution in [1.82, 2.24) is 4.90 Å². The Labute approximate surface area is 195 Å². The highest BCUT2D eigenvalue weighted by molar-refractivity contribution is 7.12. The van der Waals surface area contributed by atoms with Gasteiger partial charge in [0.2, 0.25) is 0 Å². The summed E-state index contributed by atoms with van der Waals surface area (Å²) in [5, 5.41) is 1.99. The third kappa shape index (κ3) is 4.72. The number of hydrogen-bond acceptors (Lipinski definition) is 3. The highest BCUT2D eigenvalue weighted by Gasteiger charge is 2.49. The van der Waals surface area contributed by atoms with Crippen molar-refractivity contribution >= 4 is 35.3 Å². The van der Waals surface area contributed by atoms with Crippen molar-refractivity contribution in [2.45, 2.75) is 38.3 Å². The molecule has 162 valence electrons. The number of likely N-dealkylation sites (tertiary alicyclic amines) is 1. The molecule has 1 spiro atoms. The summed E-state index contributed by atoms with van der Waals surface area (Å²) in [6.07, 6.45) is 4.73. The van der Waals surface area contributed by atoms with Gasteiger partial charge >= 0.3 is 0 Å². The molecule has 1 saturated heterocycles. The zero-order valence-electron chi connectivity index (χ0n) is 17.7. The summed E-state index contributed by atoms with van der Waals surface area (Å²) in [4.78, 5) is 18.8. The quantitative estimate of drug-likeness (QED) is 0.456. The van der Waals surface area contributed by atoms with Gasteiger partial charge in [-0.2, -0.15) is 0 Å². The normalized spacial score (nSPS) is 18.2. The third-order valence-corrected chi connectivity index (χ3v) is 7.71. The Balaban J connectivity index is 0.00000231. The summed E-state index contributed by atoms with van der Waals surface area (Å²) >= 11 is 1.54. The van der Waals surface area contributed by atoms with E-state index in [1.165, 1.54) is 29.7 Å². The average Bonchev–Trinajstić information content (AvgIpc) is 3.30. The highest BCUT2D eigenvalue weighted by Crippen LogP contribution is 2.52. The summed E-state index contributed by atoms with van der Waals surface area (Å²) in [7, 11) is 0. The van der Waals surface area contributed by atoms with E-state index in [-0.39, 0.29) is 18.3 Å². The number of thiophene rings is 1. The summed E-state index contributed by atoms with van der Waals surface area (Å²) < 4.78 is 0. The molecule has 0 unspecified atom stereocenters. The van der Waals surface area contributed by atoms with E-state index in [1.807, 2.05) is 35.7 Å². The van der Waals surface area contributed by atoms with Gasteiger partial charge < -0.3 is 4.90 Å². The number of rotatable bonds is 5. The van der Waals surface area contributed by atoms with Crippen molar-refractivity contribution in [3.63, 3.8) is 0 Å². The minimum atomic E-state index is 0. The first-order valence-electron chi connectivity index (χ1n) is 10.9. The van der Waals surface area contributed by atoms with Crippen molar-refractivity contribution in [3.05, 3.63) is 88.6 Å². The molecule has 5 heteroatoms. The van der Waals surface area contributed by atoms with E-state index in [9.17, 15) is 4.79 Å². The number of amides is 1. The van der Waals surface area contributed by atoms with Crippen molar-refractivity contribution in [3.8, 4) is 0 Å². The van der Waals surface area contributed by atoms with E-state index in [1.54, 1.807) is 0 Å². The Morgan fingerprint density at radius 3 is 2.19 bits per heavy atom. The van der Waals surface area contributed by atoms with Crippen molar-refractivity contribution < 1.29 is 4.79 Å². The molecule has 1 aliphatic heterocycles. The largest absolute Gasteiger partial charge is 0.305 e. The molecule has 2 aliphatic rings. The highest BCUT2D eigenvalue weighted by atomic mass is 35.5. The zero-order valence-corrected chi connectivity index (χ0v) is 19.3. The van der Waals surface area contributed by atoms with Gasteiger partial charge in [-0.1, -0.05) is 54.6 Å². The Morgan fingerprint density at radius 1 is 0.935 bits per heavy atom. The van der Waals surface area contributed by atoms with E-state index in [2.05, 4.69) is 52.3 Å². The maximum atomic E-state index is 13.3. The first-order valence-corrected chi connectivity index (χ1v) is 11.8. The maximum absolute atomic E-state index is 13.3. The van der Waals surface area contributed by atoms with Crippen molar-refractivity contribution in [2.75, 3.05) is 18.0 Å². The van der Waals surface area contributed by atoms with Crippen molar-refractivity contribution in [1.29, 1.82) is 0 Å². The Hall–Kier alpha value is -2.14. The van der Waals surface area contributed by atoms with Gasteiger partial charge in [0.05, 0.1) is 4.88 Å². The van der Waals surface area contributed by atoms with Crippen LogP contribution in [0.1, 0.15) is 40.9 Å². The van der Waals surface area contributed by atoms with Crippen LogP contribution >= 0.6 is 23.7 Å². The molecular formula is C26H29ClN2OS. The van der Waals surface area contributed by atoms with Crippen LogP contribution in [-0.4, -0.2) is 29.9 Å². The van der Waals surface area contributed by atoms with Gasteiger partial charge in [-0.25, -0.2) is 0 Å². The van der Waals surface area contributed by atoms with Crippen molar-refractivity contribution in [2.24, 2.45) is 5.41 Å². The first-order chi connectivity index (χ1) is 14.7. The molecular weight excluding hydrogens is 424 g/mol. The summed E-state index contributed by atoms with van der Waals surface area (Å²) in [5.41, 5.74) is 2.84. The monoisotopic (exact) mass is 452 g/mol. The predicted molar refractivity (Wildman–Crippen MR) is 131 cm³/mol. The molecule has 1 aromatic heterocycles. The second kappa shape index (κ2) is 9.56. The van der Waals surface area contributed by atoms with Crippen LogP contribution in [-0.2, 0) is 6.54 Å². The molecule has 1 aliphatic carbocycles. The topological polar surface area (TPSA) is 23.6 Å². The number of benzene rings is 2. The summed E-state index contributed by atoms with van der Waals surface area (Å²) in [6, 6.07) is 25.2. The SMILES string of the molecule is Cl.O=C(c1cccs1)N(c1ccccc1)C1CC2(CCN(Cc3ccccc3)CC2)C1. The molecule has 2 heterocycles. The number of para-hydroxylation sites is 1. The van der Waals surface area contributed by atoms with Gasteiger partial charge in [0.15, 0.2) is 0 Å². The molecule has 31 heavy (non-hydrogen) atoms. The third-order valence-electron chi connectivity index (χ3n) is 6.85.